The van der Waals surface area contributed by atoms with Crippen molar-refractivity contribution in [3.63, 3.8) is 0 Å². The van der Waals surface area contributed by atoms with E-state index in [4.69, 9.17) is 5.73 Å². The standard InChI is InChI=1S/C31H31FN2O4.C2H6/c1-38-29(35)13-3-20-15-25(32)18-27(16-20)34(31(37)28-17-19-2-4-24(28)14-19)30(36)23-7-5-21(6-8-23)22-9-11-26(33)12-10-22;1-2/h3,5-13,15-16,18-19,24,28,30,36H,2,4,14,17,33H2,1H3;1-2H3/b13-3+;. The number of carbonyl (C=O) groups excluding carboxylic acids is 2. The first kappa shape index (κ1) is 29.0. The van der Waals surface area contributed by atoms with Crippen LogP contribution in [0.2, 0.25) is 0 Å². The third kappa shape index (κ3) is 6.42. The van der Waals surface area contributed by atoms with Crippen LogP contribution in [0, 0.1) is 23.6 Å². The summed E-state index contributed by atoms with van der Waals surface area (Å²) in [7, 11) is 1.26. The Labute approximate surface area is 235 Å². The van der Waals surface area contributed by atoms with Crippen molar-refractivity contribution < 1.29 is 23.8 Å². The van der Waals surface area contributed by atoms with Crippen molar-refractivity contribution in [2.45, 2.75) is 45.8 Å². The molecule has 6 nitrogen and oxygen atoms in total. The summed E-state index contributed by atoms with van der Waals surface area (Å²) in [4.78, 5) is 26.8. The van der Waals surface area contributed by atoms with E-state index in [1.165, 1.54) is 36.3 Å². The first-order valence-electron chi connectivity index (χ1n) is 13.9. The number of hydrogen-bond acceptors (Lipinski definition) is 5. The minimum absolute atomic E-state index is 0.208. The zero-order valence-corrected chi connectivity index (χ0v) is 23.2. The lowest BCUT2D eigenvalue weighted by atomic mass is 9.87. The Balaban J connectivity index is 0.00000181. The predicted octanol–water partition coefficient (Wildman–Crippen LogP) is 6.75. The van der Waals surface area contributed by atoms with Crippen molar-refractivity contribution in [2.24, 2.45) is 17.8 Å². The van der Waals surface area contributed by atoms with Gasteiger partial charge in [0.15, 0.2) is 6.23 Å². The topological polar surface area (TPSA) is 92.9 Å². The number of rotatable bonds is 7. The number of ether oxygens (including phenoxy) is 1. The monoisotopic (exact) mass is 544 g/mol. The molecule has 3 N–H and O–H groups in total. The van der Waals surface area contributed by atoms with Crippen molar-refractivity contribution in [1.29, 1.82) is 0 Å². The Morgan fingerprint density at radius 3 is 2.23 bits per heavy atom. The Bertz CT molecular complexity index is 1350. The Kier molecular flexibility index (Phi) is 9.38. The maximum Gasteiger partial charge on any atom is 0.330 e. The third-order valence-electron chi connectivity index (χ3n) is 7.79. The molecule has 2 bridgehead atoms. The molecule has 3 aromatic carbocycles. The van der Waals surface area contributed by atoms with Gasteiger partial charge < -0.3 is 15.6 Å². The smallest absolute Gasteiger partial charge is 0.330 e. The van der Waals surface area contributed by atoms with E-state index in [0.717, 1.165) is 36.8 Å². The van der Waals surface area contributed by atoms with Gasteiger partial charge in [-0.2, -0.15) is 0 Å². The summed E-state index contributed by atoms with van der Waals surface area (Å²) >= 11 is 0. The number of halogens is 1. The van der Waals surface area contributed by atoms with Gasteiger partial charge in [0.25, 0.3) is 0 Å². The number of aliphatic hydroxyl groups is 1. The molecule has 2 aliphatic rings. The van der Waals surface area contributed by atoms with Crippen molar-refractivity contribution in [1.82, 2.24) is 0 Å². The van der Waals surface area contributed by atoms with Gasteiger partial charge in [0.2, 0.25) is 5.91 Å². The molecule has 5 rings (SSSR count). The lowest BCUT2D eigenvalue weighted by Gasteiger charge is -2.33. The van der Waals surface area contributed by atoms with E-state index in [9.17, 15) is 19.1 Å². The number of anilines is 2. The van der Waals surface area contributed by atoms with E-state index in [1.54, 1.807) is 18.2 Å². The van der Waals surface area contributed by atoms with E-state index in [2.05, 4.69) is 4.74 Å². The van der Waals surface area contributed by atoms with Crippen LogP contribution in [-0.4, -0.2) is 24.1 Å². The number of hydrogen-bond donors (Lipinski definition) is 2. The molecule has 0 radical (unpaired) electrons. The largest absolute Gasteiger partial charge is 0.466 e. The molecular formula is C33H37FN2O4. The molecule has 40 heavy (non-hydrogen) atoms. The minimum atomic E-state index is -1.32. The molecule has 0 aromatic heterocycles. The van der Waals surface area contributed by atoms with Gasteiger partial charge in [-0.15, -0.1) is 0 Å². The minimum Gasteiger partial charge on any atom is -0.466 e. The lowest BCUT2D eigenvalue weighted by Crippen LogP contribution is -2.41. The molecule has 4 atom stereocenters. The van der Waals surface area contributed by atoms with Crippen molar-refractivity contribution in [3.8, 4) is 11.1 Å². The van der Waals surface area contributed by atoms with Crippen LogP contribution in [0.15, 0.2) is 72.8 Å². The maximum atomic E-state index is 14.7. The van der Waals surface area contributed by atoms with Crippen LogP contribution < -0.4 is 10.6 Å². The van der Waals surface area contributed by atoms with Gasteiger partial charge in [0.05, 0.1) is 12.8 Å². The first-order chi connectivity index (χ1) is 19.3. The summed E-state index contributed by atoms with van der Waals surface area (Å²) in [6, 6.07) is 18.9. The van der Waals surface area contributed by atoms with Gasteiger partial charge in [0, 0.05) is 23.2 Å². The number of nitrogen functional groups attached to an aromatic ring is 1. The second kappa shape index (κ2) is 12.9. The quantitative estimate of drug-likeness (QED) is 0.149. The average Bonchev–Trinajstić information content (AvgIpc) is 3.61. The van der Waals surface area contributed by atoms with Gasteiger partial charge in [0.1, 0.15) is 5.82 Å². The predicted molar refractivity (Wildman–Crippen MR) is 156 cm³/mol. The van der Waals surface area contributed by atoms with E-state index in [-0.39, 0.29) is 23.4 Å². The van der Waals surface area contributed by atoms with Crippen LogP contribution in [0.1, 0.15) is 56.9 Å². The van der Waals surface area contributed by atoms with Crippen LogP contribution in [0.4, 0.5) is 15.8 Å². The molecule has 3 aromatic rings. The van der Waals surface area contributed by atoms with Crippen LogP contribution in [0.25, 0.3) is 17.2 Å². The van der Waals surface area contributed by atoms with Gasteiger partial charge >= 0.3 is 5.97 Å². The fraction of sp³-hybridized carbons (Fsp3) is 0.333. The summed E-state index contributed by atoms with van der Waals surface area (Å²) in [5.74, 6) is -0.772. The molecule has 0 spiro atoms. The van der Waals surface area contributed by atoms with E-state index in [1.807, 2.05) is 50.2 Å². The number of amides is 1. The van der Waals surface area contributed by atoms with Crippen LogP contribution in [0.5, 0.6) is 0 Å². The lowest BCUT2D eigenvalue weighted by molar-refractivity contribution is -0.134. The molecule has 210 valence electrons. The highest BCUT2D eigenvalue weighted by Gasteiger charge is 2.45. The number of aliphatic hydroxyl groups excluding tert-OH is 1. The molecule has 2 saturated carbocycles. The third-order valence-corrected chi connectivity index (χ3v) is 7.79. The highest BCUT2D eigenvalue weighted by molar-refractivity contribution is 5.96. The zero-order valence-electron chi connectivity index (χ0n) is 23.2. The second-order valence-electron chi connectivity index (χ2n) is 10.2. The van der Waals surface area contributed by atoms with Crippen molar-refractivity contribution >= 4 is 29.3 Å². The van der Waals surface area contributed by atoms with Gasteiger partial charge in [-0.1, -0.05) is 56.7 Å². The van der Waals surface area contributed by atoms with Gasteiger partial charge in [-0.25, -0.2) is 9.18 Å². The number of fused-ring (bicyclic) bond motifs is 2. The van der Waals surface area contributed by atoms with E-state index >= 15 is 0 Å². The molecule has 0 saturated heterocycles. The summed E-state index contributed by atoms with van der Waals surface area (Å²) in [6.45, 7) is 4.00. The van der Waals surface area contributed by atoms with Gasteiger partial charge in [-0.05, 0) is 84.2 Å². The van der Waals surface area contributed by atoms with Crippen LogP contribution in [-0.2, 0) is 14.3 Å². The molecular weight excluding hydrogens is 507 g/mol. The number of carbonyl (C=O) groups is 2. The highest BCUT2D eigenvalue weighted by Crippen LogP contribution is 2.49. The SMILES string of the molecule is CC.COC(=O)/C=C/c1cc(F)cc(N(C(=O)C2CC3CCC2C3)C(O)c2ccc(-c3ccc(N)cc3)cc2)c1. The molecule has 0 heterocycles. The molecule has 2 aliphatic carbocycles. The zero-order chi connectivity index (χ0) is 28.8. The summed E-state index contributed by atoms with van der Waals surface area (Å²) in [6.07, 6.45) is 5.23. The summed E-state index contributed by atoms with van der Waals surface area (Å²) in [5, 5.41) is 11.5. The number of benzene rings is 3. The Morgan fingerprint density at radius 1 is 1.00 bits per heavy atom. The van der Waals surface area contributed by atoms with Gasteiger partial charge in [-0.3, -0.25) is 9.69 Å². The Morgan fingerprint density at radius 2 is 1.65 bits per heavy atom. The average molecular weight is 545 g/mol. The van der Waals surface area contributed by atoms with E-state index in [0.29, 0.717) is 22.7 Å². The fourth-order valence-corrected chi connectivity index (χ4v) is 5.85. The number of methoxy groups -OCH3 is 1. The summed E-state index contributed by atoms with van der Waals surface area (Å²) in [5.41, 5.74) is 9.50. The molecule has 1 amide bonds. The first-order valence-corrected chi connectivity index (χ1v) is 13.9. The molecule has 4 unspecified atom stereocenters. The maximum absolute atomic E-state index is 14.7. The molecule has 0 aliphatic heterocycles. The highest BCUT2D eigenvalue weighted by atomic mass is 19.1. The normalized spacial score (nSPS) is 20.1. The van der Waals surface area contributed by atoms with Crippen LogP contribution in [0.3, 0.4) is 0 Å². The molecule has 7 heteroatoms. The number of nitrogens with zero attached hydrogens (tertiary/aromatic N) is 1. The van der Waals surface area contributed by atoms with Crippen LogP contribution >= 0.6 is 0 Å². The number of esters is 1. The van der Waals surface area contributed by atoms with Crippen molar-refractivity contribution in [2.75, 3.05) is 17.7 Å². The number of nitrogens with two attached hydrogens (primary N) is 1. The molecule has 2 fully saturated rings. The second-order valence-corrected chi connectivity index (χ2v) is 10.2. The van der Waals surface area contributed by atoms with Crippen molar-refractivity contribution in [3.05, 3.63) is 89.8 Å². The Hall–Kier alpha value is -3.97. The summed E-state index contributed by atoms with van der Waals surface area (Å²) < 4.78 is 19.4. The fourth-order valence-electron chi connectivity index (χ4n) is 5.85. The van der Waals surface area contributed by atoms with E-state index < -0.39 is 18.0 Å².